The number of benzene rings is 1. The Kier molecular flexibility index (Phi) is 4.66. The molecule has 0 unspecified atom stereocenters. The van der Waals surface area contributed by atoms with Crippen molar-refractivity contribution in [1.29, 1.82) is 0 Å². The first-order valence-corrected chi connectivity index (χ1v) is 6.91. The fourth-order valence-electron chi connectivity index (χ4n) is 1.48. The molecule has 0 spiro atoms. The van der Waals surface area contributed by atoms with E-state index in [0.29, 0.717) is 6.54 Å². The Hall–Kier alpha value is -1.46. The molecule has 0 saturated carbocycles. The molecule has 0 amide bonds. The third-order valence-electron chi connectivity index (χ3n) is 2.51. The van der Waals surface area contributed by atoms with Crippen molar-refractivity contribution in [2.45, 2.75) is 26.3 Å². The maximum Gasteiger partial charge on any atom is 0.147 e. The molecule has 0 atom stereocenters. The highest BCUT2D eigenvalue weighted by atomic mass is 32.1. The highest BCUT2D eigenvalue weighted by Crippen LogP contribution is 2.25. The molecule has 0 fully saturated rings. The van der Waals surface area contributed by atoms with Gasteiger partial charge in [-0.1, -0.05) is 24.7 Å². The summed E-state index contributed by atoms with van der Waals surface area (Å²) in [5, 5.41) is 9.87. The molecule has 1 aromatic carbocycles. The summed E-state index contributed by atoms with van der Waals surface area (Å²) < 4.78 is 5.61. The molecule has 1 aromatic heterocycles. The Morgan fingerprint density at radius 2 is 2.00 bits per heavy atom. The Labute approximate surface area is 111 Å². The third kappa shape index (κ3) is 3.27. The standard InChI is InChI=1S/C13H17N3OS/c1-2-3-8-17-11-6-4-10(5-7-11)13-16-15-12(9-14)18-13/h4-7H,2-3,8-9,14H2,1H3. The number of nitrogens with zero attached hydrogens (tertiary/aromatic N) is 2. The van der Waals surface area contributed by atoms with Crippen molar-refractivity contribution in [2.24, 2.45) is 5.73 Å². The van der Waals surface area contributed by atoms with Gasteiger partial charge < -0.3 is 10.5 Å². The average molecular weight is 263 g/mol. The SMILES string of the molecule is CCCCOc1ccc(-c2nnc(CN)s2)cc1. The lowest BCUT2D eigenvalue weighted by molar-refractivity contribution is 0.309. The summed E-state index contributed by atoms with van der Waals surface area (Å²) >= 11 is 1.53. The van der Waals surface area contributed by atoms with Crippen molar-refractivity contribution >= 4 is 11.3 Å². The summed E-state index contributed by atoms with van der Waals surface area (Å²) in [6, 6.07) is 7.94. The quantitative estimate of drug-likeness (QED) is 0.814. The van der Waals surface area contributed by atoms with Crippen molar-refractivity contribution in [3.63, 3.8) is 0 Å². The predicted molar refractivity (Wildman–Crippen MR) is 73.6 cm³/mol. The van der Waals surface area contributed by atoms with Gasteiger partial charge in [0.15, 0.2) is 0 Å². The number of unbranched alkanes of at least 4 members (excludes halogenated alkanes) is 1. The number of nitrogens with two attached hydrogens (primary N) is 1. The van der Waals surface area contributed by atoms with E-state index in [9.17, 15) is 0 Å². The minimum atomic E-state index is 0.440. The zero-order valence-corrected chi connectivity index (χ0v) is 11.2. The van der Waals surface area contributed by atoms with Crippen LogP contribution in [0, 0.1) is 0 Å². The van der Waals surface area contributed by atoms with Crippen LogP contribution in [0.25, 0.3) is 10.6 Å². The van der Waals surface area contributed by atoms with E-state index in [4.69, 9.17) is 10.5 Å². The Morgan fingerprint density at radius 3 is 2.61 bits per heavy atom. The molecule has 0 aliphatic carbocycles. The topological polar surface area (TPSA) is 61.0 Å². The second-order valence-electron chi connectivity index (χ2n) is 3.93. The first kappa shape index (κ1) is 13.0. The lowest BCUT2D eigenvalue weighted by atomic mass is 10.2. The molecule has 5 heteroatoms. The van der Waals surface area contributed by atoms with Crippen LogP contribution in [0.3, 0.4) is 0 Å². The van der Waals surface area contributed by atoms with Gasteiger partial charge in [0.25, 0.3) is 0 Å². The maximum atomic E-state index is 5.61. The predicted octanol–water partition coefficient (Wildman–Crippen LogP) is 2.84. The molecular weight excluding hydrogens is 246 g/mol. The zero-order valence-electron chi connectivity index (χ0n) is 10.4. The van der Waals surface area contributed by atoms with Crippen LogP contribution in [0.4, 0.5) is 0 Å². The fourth-order valence-corrected chi connectivity index (χ4v) is 2.20. The van der Waals surface area contributed by atoms with Gasteiger partial charge in [-0.2, -0.15) is 0 Å². The van der Waals surface area contributed by atoms with E-state index in [2.05, 4.69) is 17.1 Å². The van der Waals surface area contributed by atoms with Crippen LogP contribution < -0.4 is 10.5 Å². The first-order chi connectivity index (χ1) is 8.83. The number of ether oxygens (including phenoxy) is 1. The summed E-state index contributed by atoms with van der Waals surface area (Å²) in [6.45, 7) is 3.36. The number of hydrogen-bond donors (Lipinski definition) is 1. The van der Waals surface area contributed by atoms with Crippen LogP contribution in [0.5, 0.6) is 5.75 Å². The molecule has 0 saturated heterocycles. The summed E-state index contributed by atoms with van der Waals surface area (Å²) in [6.07, 6.45) is 2.22. The fraction of sp³-hybridized carbons (Fsp3) is 0.385. The molecule has 0 aliphatic heterocycles. The molecule has 18 heavy (non-hydrogen) atoms. The lowest BCUT2D eigenvalue weighted by Gasteiger charge is -2.05. The molecule has 2 aromatic rings. The lowest BCUT2D eigenvalue weighted by Crippen LogP contribution is -1.95. The van der Waals surface area contributed by atoms with E-state index in [1.165, 1.54) is 11.3 Å². The van der Waals surface area contributed by atoms with Crippen molar-refractivity contribution in [2.75, 3.05) is 6.61 Å². The smallest absolute Gasteiger partial charge is 0.147 e. The van der Waals surface area contributed by atoms with E-state index < -0.39 is 0 Å². The Balaban J connectivity index is 2.02. The normalized spacial score (nSPS) is 10.6. The van der Waals surface area contributed by atoms with Crippen LogP contribution >= 0.6 is 11.3 Å². The van der Waals surface area contributed by atoms with Crippen molar-refractivity contribution in [1.82, 2.24) is 10.2 Å². The Bertz CT molecular complexity index is 481. The number of hydrogen-bond acceptors (Lipinski definition) is 5. The molecule has 0 radical (unpaired) electrons. The van der Waals surface area contributed by atoms with Crippen molar-refractivity contribution < 1.29 is 4.74 Å². The van der Waals surface area contributed by atoms with Gasteiger partial charge in [0.05, 0.1) is 6.61 Å². The number of aromatic nitrogens is 2. The Morgan fingerprint density at radius 1 is 1.22 bits per heavy atom. The van der Waals surface area contributed by atoms with Crippen LogP contribution in [0.15, 0.2) is 24.3 Å². The van der Waals surface area contributed by atoms with Gasteiger partial charge in [-0.25, -0.2) is 0 Å². The number of rotatable bonds is 6. The molecular formula is C13H17N3OS. The van der Waals surface area contributed by atoms with Gasteiger partial charge in [0.2, 0.25) is 0 Å². The molecule has 1 heterocycles. The second kappa shape index (κ2) is 6.47. The van der Waals surface area contributed by atoms with Crippen LogP contribution in [0.1, 0.15) is 24.8 Å². The first-order valence-electron chi connectivity index (χ1n) is 6.09. The third-order valence-corrected chi connectivity index (χ3v) is 3.50. The van der Waals surface area contributed by atoms with Crippen molar-refractivity contribution in [3.8, 4) is 16.3 Å². The molecule has 2 N–H and O–H groups in total. The van der Waals surface area contributed by atoms with E-state index in [-0.39, 0.29) is 0 Å². The van der Waals surface area contributed by atoms with E-state index in [0.717, 1.165) is 40.8 Å². The highest BCUT2D eigenvalue weighted by Gasteiger charge is 2.05. The van der Waals surface area contributed by atoms with Gasteiger partial charge in [-0.3, -0.25) is 0 Å². The summed E-state index contributed by atoms with van der Waals surface area (Å²) in [7, 11) is 0. The van der Waals surface area contributed by atoms with Crippen LogP contribution in [-0.2, 0) is 6.54 Å². The molecule has 0 bridgehead atoms. The minimum Gasteiger partial charge on any atom is -0.494 e. The monoisotopic (exact) mass is 263 g/mol. The van der Waals surface area contributed by atoms with Crippen molar-refractivity contribution in [3.05, 3.63) is 29.3 Å². The summed E-state index contributed by atoms with van der Waals surface area (Å²) in [5.74, 6) is 0.899. The van der Waals surface area contributed by atoms with E-state index >= 15 is 0 Å². The molecule has 0 aliphatic rings. The second-order valence-corrected chi connectivity index (χ2v) is 4.99. The maximum absolute atomic E-state index is 5.61. The summed E-state index contributed by atoms with van der Waals surface area (Å²) in [4.78, 5) is 0. The minimum absolute atomic E-state index is 0.440. The van der Waals surface area contributed by atoms with E-state index in [1.807, 2.05) is 24.3 Å². The van der Waals surface area contributed by atoms with Crippen LogP contribution in [-0.4, -0.2) is 16.8 Å². The van der Waals surface area contributed by atoms with E-state index in [1.54, 1.807) is 0 Å². The molecule has 96 valence electrons. The van der Waals surface area contributed by atoms with Gasteiger partial charge in [-0.05, 0) is 30.7 Å². The van der Waals surface area contributed by atoms with Gasteiger partial charge in [0, 0.05) is 12.1 Å². The highest BCUT2D eigenvalue weighted by molar-refractivity contribution is 7.14. The largest absolute Gasteiger partial charge is 0.494 e. The zero-order chi connectivity index (χ0) is 12.8. The molecule has 4 nitrogen and oxygen atoms in total. The van der Waals surface area contributed by atoms with Gasteiger partial charge in [0.1, 0.15) is 15.8 Å². The summed E-state index contributed by atoms with van der Waals surface area (Å²) in [5.41, 5.74) is 6.57. The van der Waals surface area contributed by atoms with Crippen LogP contribution in [0.2, 0.25) is 0 Å². The molecule has 2 rings (SSSR count). The average Bonchev–Trinajstić information content (AvgIpc) is 2.89. The van der Waals surface area contributed by atoms with Gasteiger partial charge >= 0.3 is 0 Å². The van der Waals surface area contributed by atoms with Gasteiger partial charge in [-0.15, -0.1) is 10.2 Å².